The molecule has 0 saturated carbocycles. The van der Waals surface area contributed by atoms with Crippen molar-refractivity contribution in [2.75, 3.05) is 7.11 Å². The number of hydrogen-bond acceptors (Lipinski definition) is 3. The van der Waals surface area contributed by atoms with Crippen molar-refractivity contribution < 1.29 is 14.3 Å². The van der Waals surface area contributed by atoms with E-state index in [-0.39, 0.29) is 11.8 Å². The van der Waals surface area contributed by atoms with E-state index in [9.17, 15) is 9.59 Å². The standard InChI is InChI=1S/C14H18BrNO3/c1-4-9(2)12(14(18)19-3)16-13(17)10-5-7-11(15)8-6-10/h5-9,12H,4H2,1-3H3,(H,16,17)/t9-,12+/m1/s1. The van der Waals surface area contributed by atoms with Crippen LogP contribution in [0.5, 0.6) is 0 Å². The summed E-state index contributed by atoms with van der Waals surface area (Å²) < 4.78 is 5.63. The lowest BCUT2D eigenvalue weighted by Gasteiger charge is -2.21. The van der Waals surface area contributed by atoms with Crippen molar-refractivity contribution in [1.82, 2.24) is 5.32 Å². The van der Waals surface area contributed by atoms with Crippen molar-refractivity contribution in [2.24, 2.45) is 5.92 Å². The fraction of sp³-hybridized carbons (Fsp3) is 0.429. The predicted octanol–water partition coefficient (Wildman–Crippen LogP) is 2.77. The first-order chi connectivity index (χ1) is 8.99. The Morgan fingerprint density at radius 3 is 2.37 bits per heavy atom. The zero-order chi connectivity index (χ0) is 14.4. The molecule has 0 aliphatic heterocycles. The van der Waals surface area contributed by atoms with Gasteiger partial charge in [0.05, 0.1) is 7.11 Å². The van der Waals surface area contributed by atoms with Gasteiger partial charge in [0.1, 0.15) is 6.04 Å². The zero-order valence-electron chi connectivity index (χ0n) is 11.3. The molecule has 0 aliphatic carbocycles. The number of nitrogens with one attached hydrogen (secondary N) is 1. The molecule has 1 aromatic rings. The van der Waals surface area contributed by atoms with Gasteiger partial charge in [0.15, 0.2) is 0 Å². The van der Waals surface area contributed by atoms with Crippen LogP contribution in [0.4, 0.5) is 0 Å². The van der Waals surface area contributed by atoms with Gasteiger partial charge in [-0.25, -0.2) is 4.79 Å². The number of ether oxygens (including phenoxy) is 1. The van der Waals surface area contributed by atoms with E-state index in [2.05, 4.69) is 21.2 Å². The van der Waals surface area contributed by atoms with E-state index in [1.165, 1.54) is 7.11 Å². The van der Waals surface area contributed by atoms with E-state index in [0.717, 1.165) is 10.9 Å². The third-order valence-corrected chi connectivity index (χ3v) is 3.59. The van der Waals surface area contributed by atoms with Crippen LogP contribution in [-0.4, -0.2) is 25.0 Å². The van der Waals surface area contributed by atoms with Crippen molar-refractivity contribution in [3.05, 3.63) is 34.3 Å². The van der Waals surface area contributed by atoms with Gasteiger partial charge in [-0.1, -0.05) is 36.2 Å². The van der Waals surface area contributed by atoms with Gasteiger partial charge < -0.3 is 10.1 Å². The SMILES string of the molecule is CC[C@@H](C)[C@H](NC(=O)c1ccc(Br)cc1)C(=O)OC. The monoisotopic (exact) mass is 327 g/mol. The first-order valence-electron chi connectivity index (χ1n) is 6.13. The van der Waals surface area contributed by atoms with Crippen LogP contribution in [0.1, 0.15) is 30.6 Å². The van der Waals surface area contributed by atoms with Crippen LogP contribution in [0.2, 0.25) is 0 Å². The molecule has 1 aromatic carbocycles. The highest BCUT2D eigenvalue weighted by atomic mass is 79.9. The molecule has 0 unspecified atom stereocenters. The molecule has 104 valence electrons. The van der Waals surface area contributed by atoms with Crippen LogP contribution in [0.3, 0.4) is 0 Å². The molecule has 0 radical (unpaired) electrons. The van der Waals surface area contributed by atoms with Crippen LogP contribution >= 0.6 is 15.9 Å². The van der Waals surface area contributed by atoms with Crippen molar-refractivity contribution in [3.63, 3.8) is 0 Å². The number of benzene rings is 1. The molecule has 1 rings (SSSR count). The van der Waals surface area contributed by atoms with E-state index >= 15 is 0 Å². The third kappa shape index (κ3) is 4.35. The van der Waals surface area contributed by atoms with E-state index in [1.54, 1.807) is 24.3 Å². The van der Waals surface area contributed by atoms with E-state index in [1.807, 2.05) is 13.8 Å². The van der Waals surface area contributed by atoms with Gasteiger partial charge in [-0.15, -0.1) is 0 Å². The fourth-order valence-electron chi connectivity index (χ4n) is 1.62. The minimum absolute atomic E-state index is 0.0202. The Kier molecular flexibility index (Phi) is 6.02. The molecule has 0 aromatic heterocycles. The lowest BCUT2D eigenvalue weighted by atomic mass is 9.99. The van der Waals surface area contributed by atoms with Crippen molar-refractivity contribution in [1.29, 1.82) is 0 Å². The van der Waals surface area contributed by atoms with Crippen LogP contribution in [0, 0.1) is 5.92 Å². The van der Waals surface area contributed by atoms with Gasteiger partial charge in [0.2, 0.25) is 0 Å². The molecule has 0 heterocycles. The number of carbonyl (C=O) groups is 2. The van der Waals surface area contributed by atoms with Gasteiger partial charge >= 0.3 is 5.97 Å². The lowest BCUT2D eigenvalue weighted by Crippen LogP contribution is -2.45. The van der Waals surface area contributed by atoms with Gasteiger partial charge in [-0.3, -0.25) is 4.79 Å². The topological polar surface area (TPSA) is 55.4 Å². The van der Waals surface area contributed by atoms with Crippen LogP contribution in [-0.2, 0) is 9.53 Å². The maximum absolute atomic E-state index is 12.1. The Morgan fingerprint density at radius 1 is 1.32 bits per heavy atom. The maximum Gasteiger partial charge on any atom is 0.328 e. The Balaban J connectivity index is 2.81. The second-order valence-corrected chi connectivity index (χ2v) is 5.28. The second-order valence-electron chi connectivity index (χ2n) is 4.37. The summed E-state index contributed by atoms with van der Waals surface area (Å²) in [6.45, 7) is 3.87. The smallest absolute Gasteiger partial charge is 0.328 e. The molecule has 1 amide bonds. The maximum atomic E-state index is 12.1. The van der Waals surface area contributed by atoms with Gasteiger partial charge in [0.25, 0.3) is 5.91 Å². The summed E-state index contributed by atoms with van der Waals surface area (Å²) in [5.74, 6) is -0.671. The van der Waals surface area contributed by atoms with E-state index in [4.69, 9.17) is 4.74 Å². The highest BCUT2D eigenvalue weighted by Gasteiger charge is 2.26. The summed E-state index contributed by atoms with van der Waals surface area (Å²) >= 11 is 3.31. The molecular formula is C14H18BrNO3. The Labute approximate surface area is 121 Å². The van der Waals surface area contributed by atoms with Crippen LogP contribution < -0.4 is 5.32 Å². The Morgan fingerprint density at radius 2 is 1.89 bits per heavy atom. The number of methoxy groups -OCH3 is 1. The average molecular weight is 328 g/mol. The number of rotatable bonds is 5. The average Bonchev–Trinajstić information content (AvgIpc) is 2.43. The summed E-state index contributed by atoms with van der Waals surface area (Å²) in [5, 5.41) is 2.73. The number of esters is 1. The minimum atomic E-state index is -0.619. The first-order valence-corrected chi connectivity index (χ1v) is 6.93. The zero-order valence-corrected chi connectivity index (χ0v) is 12.9. The van der Waals surface area contributed by atoms with Crippen molar-refractivity contribution in [2.45, 2.75) is 26.3 Å². The molecule has 0 bridgehead atoms. The number of amides is 1. The van der Waals surface area contributed by atoms with Crippen molar-refractivity contribution >= 4 is 27.8 Å². The number of carbonyl (C=O) groups excluding carboxylic acids is 2. The summed E-state index contributed by atoms with van der Waals surface area (Å²) in [6, 6.07) is 6.34. The molecule has 4 nitrogen and oxygen atoms in total. The highest BCUT2D eigenvalue weighted by Crippen LogP contribution is 2.13. The Hall–Kier alpha value is -1.36. The third-order valence-electron chi connectivity index (χ3n) is 3.06. The normalized spacial score (nSPS) is 13.5. The van der Waals surface area contributed by atoms with Crippen LogP contribution in [0.25, 0.3) is 0 Å². The van der Waals surface area contributed by atoms with E-state index in [0.29, 0.717) is 5.56 Å². The highest BCUT2D eigenvalue weighted by molar-refractivity contribution is 9.10. The molecule has 2 atom stereocenters. The molecule has 0 aliphatic rings. The van der Waals surface area contributed by atoms with Gasteiger partial charge in [0, 0.05) is 10.0 Å². The molecule has 19 heavy (non-hydrogen) atoms. The molecule has 0 saturated heterocycles. The molecule has 0 fully saturated rings. The van der Waals surface area contributed by atoms with E-state index < -0.39 is 12.0 Å². The first kappa shape index (κ1) is 15.7. The molecule has 1 N–H and O–H groups in total. The van der Waals surface area contributed by atoms with Crippen molar-refractivity contribution in [3.8, 4) is 0 Å². The van der Waals surface area contributed by atoms with Crippen LogP contribution in [0.15, 0.2) is 28.7 Å². The number of hydrogen-bond donors (Lipinski definition) is 1. The Bertz CT molecular complexity index is 445. The van der Waals surface area contributed by atoms with Gasteiger partial charge in [-0.05, 0) is 30.2 Å². The molecule has 5 heteroatoms. The summed E-state index contributed by atoms with van der Waals surface area (Å²) in [4.78, 5) is 23.8. The lowest BCUT2D eigenvalue weighted by molar-refractivity contribution is -0.144. The number of halogens is 1. The molecule has 0 spiro atoms. The predicted molar refractivity (Wildman–Crippen MR) is 76.9 cm³/mol. The second kappa shape index (κ2) is 7.28. The minimum Gasteiger partial charge on any atom is -0.467 e. The largest absolute Gasteiger partial charge is 0.467 e. The molecular weight excluding hydrogens is 310 g/mol. The fourth-order valence-corrected chi connectivity index (χ4v) is 1.89. The summed E-state index contributed by atoms with van der Waals surface area (Å²) in [7, 11) is 1.32. The summed E-state index contributed by atoms with van der Waals surface area (Å²) in [6.07, 6.45) is 0.778. The quantitative estimate of drug-likeness (QED) is 0.846. The van der Waals surface area contributed by atoms with Gasteiger partial charge in [-0.2, -0.15) is 0 Å². The summed E-state index contributed by atoms with van der Waals surface area (Å²) in [5.41, 5.74) is 0.514.